The van der Waals surface area contributed by atoms with Gasteiger partial charge in [0, 0.05) is 12.1 Å². The topological polar surface area (TPSA) is 48.4 Å². The van der Waals surface area contributed by atoms with Crippen molar-refractivity contribution in [2.75, 3.05) is 6.61 Å². The summed E-state index contributed by atoms with van der Waals surface area (Å²) in [4.78, 5) is 14.9. The van der Waals surface area contributed by atoms with Crippen LogP contribution in [-0.2, 0) is 15.7 Å². The van der Waals surface area contributed by atoms with Crippen molar-refractivity contribution in [1.82, 2.24) is 4.98 Å². The van der Waals surface area contributed by atoms with Crippen LogP contribution in [-0.4, -0.2) is 23.7 Å². The van der Waals surface area contributed by atoms with Gasteiger partial charge in [-0.1, -0.05) is 6.92 Å². The highest BCUT2D eigenvalue weighted by Gasteiger charge is 2.33. The summed E-state index contributed by atoms with van der Waals surface area (Å²) < 4.78 is 47.9. The van der Waals surface area contributed by atoms with Crippen LogP contribution in [0, 0.1) is 0 Å². The maximum Gasteiger partial charge on any atom is 0.433 e. The second kappa shape index (κ2) is 6.92. The smallest absolute Gasteiger partial charge is 0.433 e. The van der Waals surface area contributed by atoms with Crippen molar-refractivity contribution in [2.45, 2.75) is 32.5 Å². The summed E-state index contributed by atoms with van der Waals surface area (Å²) >= 11 is 2.88. The molecule has 20 heavy (non-hydrogen) atoms. The Morgan fingerprint density at radius 3 is 2.55 bits per heavy atom. The van der Waals surface area contributed by atoms with Gasteiger partial charge < -0.3 is 9.47 Å². The van der Waals surface area contributed by atoms with E-state index in [0.29, 0.717) is 0 Å². The Morgan fingerprint density at radius 1 is 1.40 bits per heavy atom. The first kappa shape index (κ1) is 16.7. The van der Waals surface area contributed by atoms with Crippen LogP contribution in [0.3, 0.4) is 0 Å². The van der Waals surface area contributed by atoms with Crippen LogP contribution in [0.1, 0.15) is 26.0 Å². The van der Waals surface area contributed by atoms with Crippen LogP contribution in [0.4, 0.5) is 13.2 Å². The molecule has 0 radical (unpaired) electrons. The van der Waals surface area contributed by atoms with E-state index in [1.165, 1.54) is 6.07 Å². The minimum absolute atomic E-state index is 0.0268. The average Bonchev–Trinajstić information content (AvgIpc) is 2.34. The summed E-state index contributed by atoms with van der Waals surface area (Å²) in [5.74, 6) is -0.712. The Hall–Kier alpha value is -1.31. The molecule has 112 valence electrons. The maximum atomic E-state index is 12.6. The molecule has 0 N–H and O–H groups in total. The third kappa shape index (κ3) is 4.66. The number of carbonyl (C=O) groups is 1. The van der Waals surface area contributed by atoms with Crippen LogP contribution in [0.15, 0.2) is 16.7 Å². The van der Waals surface area contributed by atoms with Gasteiger partial charge in [-0.2, -0.15) is 13.2 Å². The Morgan fingerprint density at radius 2 is 2.05 bits per heavy atom. The summed E-state index contributed by atoms with van der Waals surface area (Å²) in [6, 6.07) is 2.00. The standard InChI is InChI=1S/C12H13BrF3NO3/c1-3-8(11(18)19-4-2)20-7-5-9(12(14,15)16)17-10(13)6-7/h5-6,8H,3-4H2,1-2H3. The van der Waals surface area contributed by atoms with Gasteiger partial charge in [-0.3, -0.25) is 0 Å². The van der Waals surface area contributed by atoms with E-state index in [0.717, 1.165) is 6.07 Å². The Balaban J connectivity index is 2.96. The molecule has 1 aromatic rings. The quantitative estimate of drug-likeness (QED) is 0.598. The molecule has 1 aromatic heterocycles. The van der Waals surface area contributed by atoms with E-state index < -0.39 is 23.9 Å². The zero-order valence-electron chi connectivity index (χ0n) is 10.8. The maximum absolute atomic E-state index is 12.6. The van der Waals surface area contributed by atoms with Crippen LogP contribution >= 0.6 is 15.9 Å². The highest BCUT2D eigenvalue weighted by molar-refractivity contribution is 9.10. The molecule has 1 unspecified atom stereocenters. The minimum Gasteiger partial charge on any atom is -0.479 e. The number of aromatic nitrogens is 1. The minimum atomic E-state index is -4.59. The summed E-state index contributed by atoms with van der Waals surface area (Å²) in [5, 5.41) is 0. The van der Waals surface area contributed by atoms with Gasteiger partial charge in [-0.05, 0) is 29.3 Å². The molecule has 0 saturated carbocycles. The molecule has 8 heteroatoms. The molecule has 0 fully saturated rings. The molecule has 0 aliphatic carbocycles. The molecule has 4 nitrogen and oxygen atoms in total. The van der Waals surface area contributed by atoms with Crippen molar-refractivity contribution in [1.29, 1.82) is 0 Å². The SMILES string of the molecule is CCOC(=O)C(CC)Oc1cc(Br)nc(C(F)(F)F)c1. The highest BCUT2D eigenvalue weighted by Crippen LogP contribution is 2.32. The molecule has 1 rings (SSSR count). The fraction of sp³-hybridized carbons (Fsp3) is 0.500. The van der Waals surface area contributed by atoms with Crippen molar-refractivity contribution in [3.05, 3.63) is 22.4 Å². The molecule has 0 aliphatic heterocycles. The summed E-state index contributed by atoms with van der Waals surface area (Å²) in [6.45, 7) is 3.48. The van der Waals surface area contributed by atoms with E-state index in [9.17, 15) is 18.0 Å². The predicted octanol–water partition coefficient (Wildman–Crippen LogP) is 3.58. The zero-order valence-corrected chi connectivity index (χ0v) is 12.4. The molecule has 1 atom stereocenters. The summed E-state index contributed by atoms with van der Waals surface area (Å²) in [6.07, 6.45) is -5.27. The number of ether oxygens (including phenoxy) is 2. The van der Waals surface area contributed by atoms with Gasteiger partial charge in [0.05, 0.1) is 6.61 Å². The van der Waals surface area contributed by atoms with E-state index in [2.05, 4.69) is 20.9 Å². The third-order valence-corrected chi connectivity index (χ3v) is 2.66. The number of rotatable bonds is 5. The van der Waals surface area contributed by atoms with Crippen molar-refractivity contribution >= 4 is 21.9 Å². The van der Waals surface area contributed by atoms with Crippen molar-refractivity contribution in [2.24, 2.45) is 0 Å². The number of carbonyl (C=O) groups excluding carboxylic acids is 1. The second-order valence-electron chi connectivity index (χ2n) is 3.78. The molecular formula is C12H13BrF3NO3. The molecule has 0 aromatic carbocycles. The van der Waals surface area contributed by atoms with E-state index in [4.69, 9.17) is 9.47 Å². The van der Waals surface area contributed by atoms with Gasteiger partial charge in [0.25, 0.3) is 0 Å². The van der Waals surface area contributed by atoms with Crippen LogP contribution in [0.2, 0.25) is 0 Å². The number of alkyl halides is 3. The monoisotopic (exact) mass is 355 g/mol. The van der Waals surface area contributed by atoms with Crippen molar-refractivity contribution < 1.29 is 27.4 Å². The molecule has 1 heterocycles. The van der Waals surface area contributed by atoms with Gasteiger partial charge in [0.2, 0.25) is 0 Å². The van der Waals surface area contributed by atoms with Gasteiger partial charge in [-0.25, -0.2) is 9.78 Å². The number of hydrogen-bond donors (Lipinski definition) is 0. The Labute approximate surface area is 122 Å². The zero-order chi connectivity index (χ0) is 15.3. The predicted molar refractivity (Wildman–Crippen MR) is 68.3 cm³/mol. The lowest BCUT2D eigenvalue weighted by Crippen LogP contribution is -2.28. The number of hydrogen-bond acceptors (Lipinski definition) is 4. The lowest BCUT2D eigenvalue weighted by molar-refractivity contribution is -0.151. The first-order chi connectivity index (χ1) is 9.27. The van der Waals surface area contributed by atoms with Crippen LogP contribution in [0.5, 0.6) is 5.75 Å². The van der Waals surface area contributed by atoms with Crippen LogP contribution < -0.4 is 4.74 Å². The normalized spacial score (nSPS) is 12.9. The molecule has 0 bridgehead atoms. The largest absolute Gasteiger partial charge is 0.479 e. The van der Waals surface area contributed by atoms with Gasteiger partial charge in [0.15, 0.2) is 6.10 Å². The van der Waals surface area contributed by atoms with Gasteiger partial charge >= 0.3 is 12.1 Å². The molecule has 0 amide bonds. The fourth-order valence-corrected chi connectivity index (χ4v) is 1.80. The van der Waals surface area contributed by atoms with E-state index in [-0.39, 0.29) is 23.4 Å². The number of halogens is 4. The Kier molecular flexibility index (Phi) is 5.79. The first-order valence-electron chi connectivity index (χ1n) is 5.86. The molecular weight excluding hydrogens is 343 g/mol. The van der Waals surface area contributed by atoms with Crippen LogP contribution in [0.25, 0.3) is 0 Å². The second-order valence-corrected chi connectivity index (χ2v) is 4.59. The average molecular weight is 356 g/mol. The lowest BCUT2D eigenvalue weighted by Gasteiger charge is -2.17. The van der Waals surface area contributed by atoms with Crippen molar-refractivity contribution in [3.63, 3.8) is 0 Å². The van der Waals surface area contributed by atoms with Crippen molar-refractivity contribution in [3.8, 4) is 5.75 Å². The van der Waals surface area contributed by atoms with E-state index in [1.54, 1.807) is 13.8 Å². The highest BCUT2D eigenvalue weighted by atomic mass is 79.9. The fourth-order valence-electron chi connectivity index (χ4n) is 1.38. The Bertz CT molecular complexity index is 480. The third-order valence-electron chi connectivity index (χ3n) is 2.26. The number of esters is 1. The van der Waals surface area contributed by atoms with E-state index >= 15 is 0 Å². The van der Waals surface area contributed by atoms with Gasteiger partial charge in [0.1, 0.15) is 16.0 Å². The molecule has 0 spiro atoms. The first-order valence-corrected chi connectivity index (χ1v) is 6.65. The molecule has 0 aliphatic rings. The molecule has 0 saturated heterocycles. The summed E-state index contributed by atoms with van der Waals surface area (Å²) in [7, 11) is 0. The number of pyridine rings is 1. The number of nitrogens with zero attached hydrogens (tertiary/aromatic N) is 1. The lowest BCUT2D eigenvalue weighted by atomic mass is 10.2. The summed E-state index contributed by atoms with van der Waals surface area (Å²) in [5.41, 5.74) is -1.10. The van der Waals surface area contributed by atoms with E-state index in [1.807, 2.05) is 0 Å². The van der Waals surface area contributed by atoms with Gasteiger partial charge in [-0.15, -0.1) is 0 Å².